The molecule has 112 valence electrons. The topological polar surface area (TPSA) is 70.1 Å². The third kappa shape index (κ3) is 3.79. The van der Waals surface area contributed by atoms with Gasteiger partial charge in [-0.05, 0) is 25.1 Å². The number of thioether (sulfide) groups is 1. The molecule has 0 bridgehead atoms. The Morgan fingerprint density at radius 2 is 2.29 bits per heavy atom. The Morgan fingerprint density at radius 1 is 1.52 bits per heavy atom. The van der Waals surface area contributed by atoms with Gasteiger partial charge in [0.2, 0.25) is 0 Å². The lowest BCUT2D eigenvalue weighted by Gasteiger charge is -2.08. The van der Waals surface area contributed by atoms with Crippen LogP contribution in [0.1, 0.15) is 23.0 Å². The monoisotopic (exact) mass is 369 g/mol. The van der Waals surface area contributed by atoms with Crippen molar-refractivity contribution in [1.82, 2.24) is 9.78 Å². The van der Waals surface area contributed by atoms with Crippen molar-refractivity contribution in [3.8, 4) is 0 Å². The molecule has 0 saturated heterocycles. The number of ether oxygens (including phenoxy) is 1. The summed E-state index contributed by atoms with van der Waals surface area (Å²) in [5.41, 5.74) is 8.01. The highest BCUT2D eigenvalue weighted by molar-refractivity contribution is 9.10. The number of hydrogen-bond acceptors (Lipinski definition) is 5. The molecular weight excluding hydrogens is 354 g/mol. The Bertz CT molecular complexity index is 658. The van der Waals surface area contributed by atoms with E-state index in [1.54, 1.807) is 29.6 Å². The zero-order valence-corrected chi connectivity index (χ0v) is 14.2. The first kappa shape index (κ1) is 15.9. The van der Waals surface area contributed by atoms with Crippen LogP contribution >= 0.6 is 27.7 Å². The van der Waals surface area contributed by atoms with E-state index in [4.69, 9.17) is 10.5 Å². The number of nitrogen functional groups attached to an aromatic ring is 1. The summed E-state index contributed by atoms with van der Waals surface area (Å²) >= 11 is 4.94. The number of carbonyl (C=O) groups excluding carboxylic acids is 1. The summed E-state index contributed by atoms with van der Waals surface area (Å²) in [6.45, 7) is 2.13. The molecule has 0 aliphatic rings. The fraction of sp³-hybridized carbons (Fsp3) is 0.286. The molecule has 2 aromatic rings. The van der Waals surface area contributed by atoms with Gasteiger partial charge in [0, 0.05) is 27.9 Å². The Kier molecular flexibility index (Phi) is 5.30. The zero-order chi connectivity index (χ0) is 15.4. The quantitative estimate of drug-likeness (QED) is 0.497. The first-order valence-corrected chi connectivity index (χ1v) is 8.16. The smallest absolute Gasteiger partial charge is 0.341 e. The third-order valence-electron chi connectivity index (χ3n) is 2.89. The summed E-state index contributed by atoms with van der Waals surface area (Å²) in [5, 5.41) is 4.13. The zero-order valence-electron chi connectivity index (χ0n) is 11.8. The van der Waals surface area contributed by atoms with E-state index < -0.39 is 0 Å². The van der Waals surface area contributed by atoms with Gasteiger partial charge in [-0.2, -0.15) is 5.10 Å². The number of rotatable bonds is 5. The average Bonchev–Trinajstić information content (AvgIpc) is 2.79. The molecule has 0 amide bonds. The minimum atomic E-state index is -0.343. The maximum atomic E-state index is 11.9. The lowest BCUT2D eigenvalue weighted by molar-refractivity contribution is 0.0525. The highest BCUT2D eigenvalue weighted by Crippen LogP contribution is 2.31. The molecule has 0 aliphatic carbocycles. The van der Waals surface area contributed by atoms with Gasteiger partial charge in [-0.25, -0.2) is 4.79 Å². The molecule has 0 radical (unpaired) electrons. The third-order valence-corrected chi connectivity index (χ3v) is 4.49. The summed E-state index contributed by atoms with van der Waals surface area (Å²) < 4.78 is 7.67. The molecule has 1 aromatic heterocycles. The van der Waals surface area contributed by atoms with Gasteiger partial charge in [0.05, 0.1) is 18.5 Å². The van der Waals surface area contributed by atoms with Crippen LogP contribution in [0.3, 0.4) is 0 Å². The van der Waals surface area contributed by atoms with Crippen LogP contribution in [0, 0.1) is 0 Å². The predicted molar refractivity (Wildman–Crippen MR) is 87.3 cm³/mol. The second-order valence-electron chi connectivity index (χ2n) is 4.32. The van der Waals surface area contributed by atoms with Crippen LogP contribution in [-0.2, 0) is 17.5 Å². The number of benzene rings is 1. The van der Waals surface area contributed by atoms with Crippen molar-refractivity contribution in [2.45, 2.75) is 17.6 Å². The molecule has 0 unspecified atom stereocenters. The molecule has 5 nitrogen and oxygen atoms in total. The van der Waals surface area contributed by atoms with E-state index in [1.807, 2.05) is 25.2 Å². The molecule has 0 aliphatic heterocycles. The van der Waals surface area contributed by atoms with Crippen molar-refractivity contribution >= 4 is 39.3 Å². The molecular formula is C14H16BrN3O2S. The number of nitrogens with zero attached hydrogens (tertiary/aromatic N) is 2. The minimum absolute atomic E-state index is 0.343. The molecule has 0 spiro atoms. The average molecular weight is 370 g/mol. The van der Waals surface area contributed by atoms with Gasteiger partial charge < -0.3 is 10.5 Å². The lowest BCUT2D eigenvalue weighted by Crippen LogP contribution is -2.08. The Balaban J connectivity index is 2.16. The SMILES string of the molecule is CCOC(=O)c1cnn(C)c1CSc1ccc(Br)cc1N. The summed E-state index contributed by atoms with van der Waals surface area (Å²) in [7, 11) is 1.81. The molecule has 2 N–H and O–H groups in total. The Labute approximate surface area is 136 Å². The van der Waals surface area contributed by atoms with Crippen molar-refractivity contribution in [2.24, 2.45) is 7.05 Å². The normalized spacial score (nSPS) is 10.6. The maximum absolute atomic E-state index is 11.9. The van der Waals surface area contributed by atoms with Crippen LogP contribution in [0.2, 0.25) is 0 Å². The standard InChI is InChI=1S/C14H16BrN3O2S/c1-3-20-14(19)10-7-17-18(2)12(10)8-21-13-5-4-9(15)6-11(13)16/h4-7H,3,8,16H2,1-2H3. The van der Waals surface area contributed by atoms with Gasteiger partial charge in [0.25, 0.3) is 0 Å². The fourth-order valence-corrected chi connectivity index (χ4v) is 3.21. The summed E-state index contributed by atoms with van der Waals surface area (Å²) in [4.78, 5) is 12.9. The number of hydrogen-bond donors (Lipinski definition) is 1. The first-order valence-electron chi connectivity index (χ1n) is 6.38. The number of anilines is 1. The molecule has 0 atom stereocenters. The summed E-state index contributed by atoms with van der Waals surface area (Å²) in [5.74, 6) is 0.251. The number of nitrogens with two attached hydrogens (primary N) is 1. The highest BCUT2D eigenvalue weighted by Gasteiger charge is 2.17. The second-order valence-corrected chi connectivity index (χ2v) is 6.25. The van der Waals surface area contributed by atoms with Crippen molar-refractivity contribution in [3.05, 3.63) is 40.1 Å². The van der Waals surface area contributed by atoms with E-state index in [1.165, 1.54) is 0 Å². The second kappa shape index (κ2) is 7.00. The summed E-state index contributed by atoms with van der Waals surface area (Å²) in [6, 6.07) is 5.75. The molecule has 1 heterocycles. The van der Waals surface area contributed by atoms with E-state index in [-0.39, 0.29) is 5.97 Å². The largest absolute Gasteiger partial charge is 0.462 e. The summed E-state index contributed by atoms with van der Waals surface area (Å²) in [6.07, 6.45) is 1.54. The Hall–Kier alpha value is -1.47. The van der Waals surface area contributed by atoms with Crippen LogP contribution < -0.4 is 5.73 Å². The number of halogens is 1. The van der Waals surface area contributed by atoms with Gasteiger partial charge in [-0.15, -0.1) is 11.8 Å². The van der Waals surface area contributed by atoms with E-state index in [9.17, 15) is 4.79 Å². The van der Waals surface area contributed by atoms with Crippen LogP contribution in [0.5, 0.6) is 0 Å². The lowest BCUT2D eigenvalue weighted by atomic mass is 10.3. The number of aryl methyl sites for hydroxylation is 1. The van der Waals surface area contributed by atoms with E-state index in [2.05, 4.69) is 21.0 Å². The van der Waals surface area contributed by atoms with Crippen LogP contribution in [0.4, 0.5) is 5.69 Å². The molecule has 7 heteroatoms. The van der Waals surface area contributed by atoms with E-state index in [0.29, 0.717) is 23.6 Å². The number of carbonyl (C=O) groups is 1. The van der Waals surface area contributed by atoms with E-state index >= 15 is 0 Å². The van der Waals surface area contributed by atoms with E-state index in [0.717, 1.165) is 15.1 Å². The number of aromatic nitrogens is 2. The molecule has 21 heavy (non-hydrogen) atoms. The molecule has 0 fully saturated rings. The van der Waals surface area contributed by atoms with Crippen LogP contribution in [0.15, 0.2) is 33.8 Å². The Morgan fingerprint density at radius 3 is 2.95 bits per heavy atom. The first-order chi connectivity index (χ1) is 10.0. The molecule has 0 saturated carbocycles. The van der Waals surface area contributed by atoms with Gasteiger partial charge >= 0.3 is 5.97 Å². The highest BCUT2D eigenvalue weighted by atomic mass is 79.9. The van der Waals surface area contributed by atoms with Gasteiger partial charge in [-0.3, -0.25) is 4.68 Å². The van der Waals surface area contributed by atoms with Gasteiger partial charge in [-0.1, -0.05) is 15.9 Å². The van der Waals surface area contributed by atoms with Crippen LogP contribution in [-0.4, -0.2) is 22.4 Å². The fourth-order valence-electron chi connectivity index (χ4n) is 1.81. The number of esters is 1. The maximum Gasteiger partial charge on any atom is 0.341 e. The van der Waals surface area contributed by atoms with Crippen molar-refractivity contribution in [3.63, 3.8) is 0 Å². The van der Waals surface area contributed by atoms with Crippen molar-refractivity contribution in [2.75, 3.05) is 12.3 Å². The van der Waals surface area contributed by atoms with Gasteiger partial charge in [0.15, 0.2) is 0 Å². The van der Waals surface area contributed by atoms with Gasteiger partial charge in [0.1, 0.15) is 5.56 Å². The van der Waals surface area contributed by atoms with Crippen LogP contribution in [0.25, 0.3) is 0 Å². The van der Waals surface area contributed by atoms with Crippen molar-refractivity contribution in [1.29, 1.82) is 0 Å². The molecule has 1 aromatic carbocycles. The molecule has 2 rings (SSSR count). The van der Waals surface area contributed by atoms with Crippen molar-refractivity contribution < 1.29 is 9.53 Å². The minimum Gasteiger partial charge on any atom is -0.462 e. The predicted octanol–water partition coefficient (Wildman–Crippen LogP) is 3.23.